The molecule has 0 amide bonds. The summed E-state index contributed by atoms with van der Waals surface area (Å²) >= 11 is 5.79. The van der Waals surface area contributed by atoms with Crippen LogP contribution in [0.5, 0.6) is 0 Å². The second-order valence-electron chi connectivity index (χ2n) is 3.02. The number of rotatable bonds is 5. The van der Waals surface area contributed by atoms with Gasteiger partial charge in [-0.2, -0.15) is 0 Å². The van der Waals surface area contributed by atoms with E-state index in [0.717, 1.165) is 12.2 Å². The molecule has 0 spiro atoms. The molecule has 1 rings (SSSR count). The maximum atomic E-state index is 5.79. The minimum Gasteiger partial charge on any atom is -0.363 e. The van der Waals surface area contributed by atoms with Crippen LogP contribution in [-0.4, -0.2) is 13.1 Å². The van der Waals surface area contributed by atoms with Crippen LogP contribution in [0.3, 0.4) is 0 Å². The van der Waals surface area contributed by atoms with Crippen molar-refractivity contribution in [1.82, 2.24) is 0 Å². The molecule has 0 unspecified atom stereocenters. The van der Waals surface area contributed by atoms with Gasteiger partial charge in [-0.1, -0.05) is 42.5 Å². The SMILES string of the molecule is C=CCN(CC(=C)Cl)c1ccccc1. The van der Waals surface area contributed by atoms with Gasteiger partial charge in [0.05, 0.1) is 6.54 Å². The number of anilines is 1. The Balaban J connectivity index is 2.77. The van der Waals surface area contributed by atoms with Crippen LogP contribution >= 0.6 is 11.6 Å². The molecule has 0 saturated heterocycles. The highest BCUT2D eigenvalue weighted by atomic mass is 35.5. The Morgan fingerprint density at radius 2 is 2.00 bits per heavy atom. The Morgan fingerprint density at radius 1 is 1.36 bits per heavy atom. The Hall–Kier alpha value is -1.21. The van der Waals surface area contributed by atoms with E-state index >= 15 is 0 Å². The second-order valence-corrected chi connectivity index (χ2v) is 3.56. The van der Waals surface area contributed by atoms with Crippen molar-refractivity contribution in [2.24, 2.45) is 0 Å². The fraction of sp³-hybridized carbons (Fsp3) is 0.167. The summed E-state index contributed by atoms with van der Waals surface area (Å²) in [6.07, 6.45) is 1.85. The average Bonchev–Trinajstić information content (AvgIpc) is 2.18. The van der Waals surface area contributed by atoms with Gasteiger partial charge in [-0.05, 0) is 12.1 Å². The van der Waals surface area contributed by atoms with E-state index in [0.29, 0.717) is 11.6 Å². The van der Waals surface area contributed by atoms with E-state index in [1.165, 1.54) is 0 Å². The third-order valence-corrected chi connectivity index (χ3v) is 1.95. The van der Waals surface area contributed by atoms with Crippen molar-refractivity contribution in [2.45, 2.75) is 0 Å². The molecule has 0 aliphatic rings. The van der Waals surface area contributed by atoms with Crippen molar-refractivity contribution >= 4 is 17.3 Å². The van der Waals surface area contributed by atoms with Crippen molar-refractivity contribution in [1.29, 1.82) is 0 Å². The third-order valence-electron chi connectivity index (χ3n) is 1.83. The molecule has 0 atom stereocenters. The van der Waals surface area contributed by atoms with Gasteiger partial charge in [-0.15, -0.1) is 6.58 Å². The molecule has 0 N–H and O–H groups in total. The number of para-hydroxylation sites is 1. The zero-order valence-corrected chi connectivity index (χ0v) is 8.87. The number of nitrogens with zero attached hydrogens (tertiary/aromatic N) is 1. The summed E-state index contributed by atoms with van der Waals surface area (Å²) < 4.78 is 0. The van der Waals surface area contributed by atoms with Gasteiger partial charge in [0.2, 0.25) is 0 Å². The molecule has 74 valence electrons. The zero-order chi connectivity index (χ0) is 10.4. The zero-order valence-electron chi connectivity index (χ0n) is 8.12. The lowest BCUT2D eigenvalue weighted by Gasteiger charge is -2.22. The Labute approximate surface area is 90.3 Å². The quantitative estimate of drug-likeness (QED) is 0.669. The molecule has 0 fully saturated rings. The Kier molecular flexibility index (Phi) is 4.27. The molecule has 0 heterocycles. The summed E-state index contributed by atoms with van der Waals surface area (Å²) in [5.74, 6) is 0. The van der Waals surface area contributed by atoms with E-state index in [1.54, 1.807) is 0 Å². The lowest BCUT2D eigenvalue weighted by atomic mass is 10.3. The molecule has 0 saturated carbocycles. The fourth-order valence-electron chi connectivity index (χ4n) is 1.26. The van der Waals surface area contributed by atoms with Crippen molar-refractivity contribution in [2.75, 3.05) is 18.0 Å². The highest BCUT2D eigenvalue weighted by Gasteiger charge is 2.03. The van der Waals surface area contributed by atoms with Crippen LogP contribution in [0.2, 0.25) is 0 Å². The van der Waals surface area contributed by atoms with Crippen LogP contribution in [0, 0.1) is 0 Å². The van der Waals surface area contributed by atoms with Crippen LogP contribution < -0.4 is 4.90 Å². The molecule has 14 heavy (non-hydrogen) atoms. The van der Waals surface area contributed by atoms with Gasteiger partial charge in [0.1, 0.15) is 0 Å². The molecule has 0 aromatic heterocycles. The standard InChI is InChI=1S/C12H14ClN/c1-3-9-14(10-11(2)13)12-7-5-4-6-8-12/h3-8H,1-2,9-10H2. The predicted octanol–water partition coefficient (Wildman–Crippen LogP) is 3.43. The van der Waals surface area contributed by atoms with E-state index < -0.39 is 0 Å². The Morgan fingerprint density at radius 3 is 2.50 bits per heavy atom. The minimum absolute atomic E-state index is 0.635. The van der Waals surface area contributed by atoms with E-state index in [1.807, 2.05) is 36.4 Å². The lowest BCUT2D eigenvalue weighted by Crippen LogP contribution is -2.24. The summed E-state index contributed by atoms with van der Waals surface area (Å²) in [5, 5.41) is 0.635. The second kappa shape index (κ2) is 5.51. The maximum Gasteiger partial charge on any atom is 0.0534 e. The van der Waals surface area contributed by atoms with Crippen molar-refractivity contribution in [3.63, 3.8) is 0 Å². The van der Waals surface area contributed by atoms with Crippen molar-refractivity contribution in [3.05, 3.63) is 54.6 Å². The first-order chi connectivity index (χ1) is 6.74. The van der Waals surface area contributed by atoms with Crippen LogP contribution in [0.15, 0.2) is 54.6 Å². The number of hydrogen-bond acceptors (Lipinski definition) is 1. The lowest BCUT2D eigenvalue weighted by molar-refractivity contribution is 0.948. The molecular weight excluding hydrogens is 194 g/mol. The first kappa shape index (κ1) is 10.9. The number of halogens is 1. The summed E-state index contributed by atoms with van der Waals surface area (Å²) in [6, 6.07) is 10.1. The van der Waals surface area contributed by atoms with Crippen molar-refractivity contribution < 1.29 is 0 Å². The molecule has 0 radical (unpaired) electrons. The summed E-state index contributed by atoms with van der Waals surface area (Å²) in [5.41, 5.74) is 1.13. The molecule has 1 aromatic rings. The molecular formula is C12H14ClN. The summed E-state index contributed by atoms with van der Waals surface area (Å²) in [7, 11) is 0. The van der Waals surface area contributed by atoms with Gasteiger partial charge in [0.15, 0.2) is 0 Å². The first-order valence-electron chi connectivity index (χ1n) is 4.48. The largest absolute Gasteiger partial charge is 0.363 e. The van der Waals surface area contributed by atoms with Crippen LogP contribution in [0.4, 0.5) is 5.69 Å². The molecule has 2 heteroatoms. The molecule has 0 bridgehead atoms. The molecule has 0 aliphatic heterocycles. The van der Waals surface area contributed by atoms with Gasteiger partial charge >= 0.3 is 0 Å². The topological polar surface area (TPSA) is 3.24 Å². The number of hydrogen-bond donors (Lipinski definition) is 0. The predicted molar refractivity (Wildman–Crippen MR) is 63.8 cm³/mol. The highest BCUT2D eigenvalue weighted by Crippen LogP contribution is 2.15. The summed E-state index contributed by atoms with van der Waals surface area (Å²) in [4.78, 5) is 2.11. The smallest absolute Gasteiger partial charge is 0.0534 e. The van der Waals surface area contributed by atoms with E-state index in [-0.39, 0.29) is 0 Å². The van der Waals surface area contributed by atoms with Gasteiger partial charge < -0.3 is 4.90 Å². The highest BCUT2D eigenvalue weighted by molar-refractivity contribution is 6.29. The van der Waals surface area contributed by atoms with Crippen LogP contribution in [0.1, 0.15) is 0 Å². The van der Waals surface area contributed by atoms with Crippen LogP contribution in [-0.2, 0) is 0 Å². The van der Waals surface area contributed by atoms with E-state index in [2.05, 4.69) is 18.1 Å². The van der Waals surface area contributed by atoms with Crippen LogP contribution in [0.25, 0.3) is 0 Å². The van der Waals surface area contributed by atoms with Crippen molar-refractivity contribution in [3.8, 4) is 0 Å². The minimum atomic E-state index is 0.635. The average molecular weight is 208 g/mol. The first-order valence-corrected chi connectivity index (χ1v) is 4.86. The number of benzene rings is 1. The molecule has 1 nitrogen and oxygen atoms in total. The normalized spacial score (nSPS) is 9.50. The van der Waals surface area contributed by atoms with E-state index in [4.69, 9.17) is 11.6 Å². The Bertz CT molecular complexity index is 305. The summed E-state index contributed by atoms with van der Waals surface area (Å²) in [6.45, 7) is 8.83. The van der Waals surface area contributed by atoms with Gasteiger partial charge in [-0.25, -0.2) is 0 Å². The van der Waals surface area contributed by atoms with Gasteiger partial charge in [0.25, 0.3) is 0 Å². The third kappa shape index (κ3) is 3.27. The maximum absolute atomic E-state index is 5.79. The van der Waals surface area contributed by atoms with Gasteiger partial charge in [-0.3, -0.25) is 0 Å². The molecule has 0 aliphatic carbocycles. The van der Waals surface area contributed by atoms with Gasteiger partial charge in [0, 0.05) is 17.3 Å². The fourth-order valence-corrected chi connectivity index (χ4v) is 1.41. The monoisotopic (exact) mass is 207 g/mol. The molecule has 1 aromatic carbocycles. The van der Waals surface area contributed by atoms with E-state index in [9.17, 15) is 0 Å².